The summed E-state index contributed by atoms with van der Waals surface area (Å²) in [5, 5.41) is 4.22. The van der Waals surface area contributed by atoms with E-state index in [-0.39, 0.29) is 17.4 Å². The van der Waals surface area contributed by atoms with Gasteiger partial charge in [0.15, 0.2) is 0 Å². The van der Waals surface area contributed by atoms with Gasteiger partial charge in [-0.05, 0) is 42.9 Å². The van der Waals surface area contributed by atoms with E-state index in [4.69, 9.17) is 9.47 Å². The highest BCUT2D eigenvalue weighted by Crippen LogP contribution is 2.42. The number of carbonyl (C=O) groups excluding carboxylic acids is 1. The first kappa shape index (κ1) is 17.0. The largest absolute Gasteiger partial charge is 0.489 e. The number of nitrogens with zero attached hydrogens (tertiary/aromatic N) is 4. The lowest BCUT2D eigenvalue weighted by atomic mass is 9.76. The zero-order valence-corrected chi connectivity index (χ0v) is 15.0. The molecule has 0 bridgehead atoms. The molecular formula is C19H24N4O3. The van der Waals surface area contributed by atoms with Gasteiger partial charge in [-0.1, -0.05) is 0 Å². The second-order valence-electron chi connectivity index (χ2n) is 7.30. The quantitative estimate of drug-likeness (QED) is 0.837. The number of hydrogen-bond acceptors (Lipinski definition) is 5. The van der Waals surface area contributed by atoms with Crippen LogP contribution in [0, 0.1) is 5.41 Å². The van der Waals surface area contributed by atoms with Crippen LogP contribution in [-0.4, -0.2) is 58.0 Å². The Hall–Kier alpha value is -2.41. The second kappa shape index (κ2) is 7.07. The van der Waals surface area contributed by atoms with Crippen molar-refractivity contribution in [2.75, 3.05) is 26.3 Å². The average molecular weight is 356 g/mol. The van der Waals surface area contributed by atoms with Gasteiger partial charge in [0.25, 0.3) is 5.91 Å². The molecule has 2 aliphatic heterocycles. The molecule has 7 nitrogen and oxygen atoms in total. The lowest BCUT2D eigenvalue weighted by Crippen LogP contribution is -2.43. The molecule has 138 valence electrons. The monoisotopic (exact) mass is 356 g/mol. The number of amides is 1. The van der Waals surface area contributed by atoms with Crippen LogP contribution in [0.3, 0.4) is 0 Å². The van der Waals surface area contributed by atoms with Crippen LogP contribution in [-0.2, 0) is 11.8 Å². The molecule has 4 rings (SSSR count). The molecule has 0 radical (unpaired) electrons. The van der Waals surface area contributed by atoms with Crippen molar-refractivity contribution in [2.45, 2.75) is 25.4 Å². The van der Waals surface area contributed by atoms with E-state index in [0.29, 0.717) is 12.3 Å². The Bertz CT molecular complexity index is 753. The van der Waals surface area contributed by atoms with Crippen molar-refractivity contribution < 1.29 is 14.3 Å². The van der Waals surface area contributed by atoms with E-state index in [1.165, 1.54) is 0 Å². The number of carbonyl (C=O) groups is 1. The summed E-state index contributed by atoms with van der Waals surface area (Å²) in [7, 11) is 1.82. The van der Waals surface area contributed by atoms with Crippen molar-refractivity contribution >= 4 is 5.91 Å². The molecule has 2 fully saturated rings. The number of hydrogen-bond donors (Lipinski definition) is 0. The molecule has 0 aromatic carbocycles. The van der Waals surface area contributed by atoms with Crippen LogP contribution in [0.4, 0.5) is 0 Å². The Kier molecular flexibility index (Phi) is 4.63. The van der Waals surface area contributed by atoms with Gasteiger partial charge in [0.05, 0.1) is 18.9 Å². The van der Waals surface area contributed by atoms with Gasteiger partial charge in [0.1, 0.15) is 18.1 Å². The Morgan fingerprint density at radius 3 is 2.92 bits per heavy atom. The first-order chi connectivity index (χ1) is 12.6. The highest BCUT2D eigenvalue weighted by atomic mass is 16.5. The van der Waals surface area contributed by atoms with Gasteiger partial charge in [-0.3, -0.25) is 14.5 Å². The summed E-state index contributed by atoms with van der Waals surface area (Å²) in [6.07, 6.45) is 8.27. The van der Waals surface area contributed by atoms with Gasteiger partial charge in [0.2, 0.25) is 0 Å². The summed E-state index contributed by atoms with van der Waals surface area (Å²) in [4.78, 5) is 18.5. The third kappa shape index (κ3) is 3.58. The Balaban J connectivity index is 1.28. The number of aromatic nitrogens is 3. The van der Waals surface area contributed by atoms with E-state index in [1.807, 2.05) is 24.1 Å². The Morgan fingerprint density at radius 2 is 2.23 bits per heavy atom. The number of ether oxygens (including phenoxy) is 2. The number of likely N-dealkylation sites (tertiary alicyclic amines) is 1. The van der Waals surface area contributed by atoms with Crippen LogP contribution >= 0.6 is 0 Å². The molecule has 26 heavy (non-hydrogen) atoms. The summed E-state index contributed by atoms with van der Waals surface area (Å²) in [6, 6.07) is 5.54. The average Bonchev–Trinajstić information content (AvgIpc) is 3.28. The predicted octanol–water partition coefficient (Wildman–Crippen LogP) is 1.91. The number of piperidine rings is 1. The maximum absolute atomic E-state index is 12.5. The van der Waals surface area contributed by atoms with E-state index >= 15 is 0 Å². The molecule has 4 heterocycles. The Labute approximate surface area is 152 Å². The molecular weight excluding hydrogens is 332 g/mol. The summed E-state index contributed by atoms with van der Waals surface area (Å²) < 4.78 is 13.4. The van der Waals surface area contributed by atoms with Crippen molar-refractivity contribution in [3.8, 4) is 5.75 Å². The highest BCUT2D eigenvalue weighted by molar-refractivity contribution is 5.92. The normalized spacial score (nSPS) is 21.9. The zero-order chi connectivity index (χ0) is 18.0. The van der Waals surface area contributed by atoms with Crippen LogP contribution in [0.15, 0.2) is 36.8 Å². The summed E-state index contributed by atoms with van der Waals surface area (Å²) in [6.45, 7) is 2.81. The minimum atomic E-state index is 0.0239. The molecule has 2 aromatic rings. The van der Waals surface area contributed by atoms with Crippen LogP contribution in [0.25, 0.3) is 0 Å². The topological polar surface area (TPSA) is 69.5 Å². The van der Waals surface area contributed by atoms with Crippen molar-refractivity contribution in [1.82, 2.24) is 19.7 Å². The zero-order valence-electron chi connectivity index (χ0n) is 15.0. The van der Waals surface area contributed by atoms with E-state index in [0.717, 1.165) is 44.7 Å². The van der Waals surface area contributed by atoms with E-state index in [2.05, 4.69) is 10.1 Å². The molecule has 1 amide bonds. The maximum atomic E-state index is 12.5. The number of pyridine rings is 1. The number of aryl methyl sites for hydroxylation is 1. The third-order valence-corrected chi connectivity index (χ3v) is 5.40. The van der Waals surface area contributed by atoms with Crippen molar-refractivity contribution in [1.29, 1.82) is 0 Å². The van der Waals surface area contributed by atoms with Crippen LogP contribution < -0.4 is 4.74 Å². The first-order valence-corrected chi connectivity index (χ1v) is 9.07. The molecule has 0 unspecified atom stereocenters. The highest BCUT2D eigenvalue weighted by Gasteiger charge is 2.43. The van der Waals surface area contributed by atoms with Crippen molar-refractivity contribution in [3.05, 3.63) is 42.5 Å². The van der Waals surface area contributed by atoms with Gasteiger partial charge >= 0.3 is 0 Å². The van der Waals surface area contributed by atoms with Crippen LogP contribution in [0.2, 0.25) is 0 Å². The van der Waals surface area contributed by atoms with E-state index in [1.54, 1.807) is 29.3 Å². The molecule has 0 saturated carbocycles. The number of rotatable bonds is 4. The van der Waals surface area contributed by atoms with Crippen LogP contribution in [0.1, 0.15) is 29.8 Å². The van der Waals surface area contributed by atoms with Crippen molar-refractivity contribution in [2.24, 2.45) is 12.5 Å². The van der Waals surface area contributed by atoms with Gasteiger partial charge in [0, 0.05) is 32.5 Å². The molecule has 0 aliphatic carbocycles. The van der Waals surface area contributed by atoms with Gasteiger partial charge in [-0.25, -0.2) is 0 Å². The fourth-order valence-electron chi connectivity index (χ4n) is 3.85. The van der Waals surface area contributed by atoms with Crippen LogP contribution in [0.5, 0.6) is 5.75 Å². The standard InChI is InChI=1S/C19H24N4O3/c1-22-8-4-17(21-22)18(24)23-9-5-19(6-10-23)11-16(26-14-19)13-25-15-3-2-7-20-12-15/h2-4,7-8,12,16H,5-6,9-11,13-14H2,1H3/t16-/m0/s1. The summed E-state index contributed by atoms with van der Waals surface area (Å²) >= 11 is 0. The first-order valence-electron chi connectivity index (χ1n) is 9.07. The van der Waals surface area contributed by atoms with E-state index < -0.39 is 0 Å². The maximum Gasteiger partial charge on any atom is 0.274 e. The molecule has 2 aromatic heterocycles. The Morgan fingerprint density at radius 1 is 1.38 bits per heavy atom. The van der Waals surface area contributed by atoms with Crippen molar-refractivity contribution in [3.63, 3.8) is 0 Å². The van der Waals surface area contributed by atoms with Gasteiger partial charge in [-0.2, -0.15) is 5.10 Å². The lowest BCUT2D eigenvalue weighted by Gasteiger charge is -2.38. The van der Waals surface area contributed by atoms with E-state index in [9.17, 15) is 4.79 Å². The molecule has 1 atom stereocenters. The summed E-state index contributed by atoms with van der Waals surface area (Å²) in [5.74, 6) is 0.795. The lowest BCUT2D eigenvalue weighted by molar-refractivity contribution is 0.0424. The summed E-state index contributed by atoms with van der Waals surface area (Å²) in [5.41, 5.74) is 0.693. The molecule has 2 saturated heterocycles. The fraction of sp³-hybridized carbons (Fsp3) is 0.526. The smallest absolute Gasteiger partial charge is 0.274 e. The fourth-order valence-corrected chi connectivity index (χ4v) is 3.85. The molecule has 7 heteroatoms. The van der Waals surface area contributed by atoms with Gasteiger partial charge in [-0.15, -0.1) is 0 Å². The minimum absolute atomic E-state index is 0.0239. The second-order valence-corrected chi connectivity index (χ2v) is 7.30. The third-order valence-electron chi connectivity index (χ3n) is 5.40. The molecule has 0 N–H and O–H groups in total. The molecule has 2 aliphatic rings. The minimum Gasteiger partial charge on any atom is -0.489 e. The predicted molar refractivity (Wildman–Crippen MR) is 94.9 cm³/mol. The SMILES string of the molecule is Cn1ccc(C(=O)N2CCC3(CC2)CO[C@H](COc2cccnc2)C3)n1. The van der Waals surface area contributed by atoms with Gasteiger partial charge < -0.3 is 14.4 Å². The molecule has 1 spiro atoms.